The molecule has 0 aromatic carbocycles. The lowest BCUT2D eigenvalue weighted by molar-refractivity contribution is 0.436. The second kappa shape index (κ2) is 3.79. The third-order valence-electron chi connectivity index (χ3n) is 3.64. The van der Waals surface area contributed by atoms with Gasteiger partial charge in [0.2, 0.25) is 0 Å². The topological polar surface area (TPSA) is 86.2 Å². The first-order valence-electron chi connectivity index (χ1n) is 4.97. The van der Waals surface area contributed by atoms with E-state index in [-0.39, 0.29) is 12.5 Å². The molecule has 0 spiro atoms. The molecule has 0 aliphatic heterocycles. The Morgan fingerprint density at radius 3 is 2.21 bits per heavy atom. The van der Waals surface area contributed by atoms with Crippen molar-refractivity contribution in [3.8, 4) is 0 Å². The minimum atomic E-state index is -3.09. The van der Waals surface area contributed by atoms with Gasteiger partial charge in [0.05, 0.1) is 4.75 Å². The summed E-state index contributed by atoms with van der Waals surface area (Å²) in [6.07, 6.45) is 2.79. The zero-order valence-corrected chi connectivity index (χ0v) is 9.68. The molecule has 4 nitrogen and oxygen atoms in total. The summed E-state index contributed by atoms with van der Waals surface area (Å²) >= 11 is 0. The van der Waals surface area contributed by atoms with Crippen LogP contribution >= 0.6 is 0 Å². The molecule has 1 saturated carbocycles. The molecule has 0 bridgehead atoms. The smallest absolute Gasteiger partial charge is 0.154 e. The lowest BCUT2D eigenvalue weighted by Crippen LogP contribution is -2.47. The zero-order valence-electron chi connectivity index (χ0n) is 8.86. The fourth-order valence-electron chi connectivity index (χ4n) is 2.62. The molecule has 0 radical (unpaired) electrons. The monoisotopic (exact) mass is 220 g/mol. The van der Waals surface area contributed by atoms with E-state index in [0.717, 1.165) is 6.42 Å². The quantitative estimate of drug-likeness (QED) is 0.685. The van der Waals surface area contributed by atoms with E-state index < -0.39 is 14.6 Å². The van der Waals surface area contributed by atoms with Gasteiger partial charge in [-0.15, -0.1) is 0 Å². The van der Waals surface area contributed by atoms with Crippen LogP contribution in [0.1, 0.15) is 19.8 Å². The molecule has 0 unspecified atom stereocenters. The normalized spacial score (nSPS) is 38.9. The predicted molar refractivity (Wildman–Crippen MR) is 57.6 cm³/mol. The maximum atomic E-state index is 11.7. The summed E-state index contributed by atoms with van der Waals surface area (Å²) in [7, 11) is -3.09. The Morgan fingerprint density at radius 1 is 1.43 bits per heavy atom. The highest BCUT2D eigenvalue weighted by Crippen LogP contribution is 2.43. The minimum Gasteiger partial charge on any atom is -0.330 e. The molecule has 1 aliphatic carbocycles. The fraction of sp³-hybridized carbons (Fsp3) is 1.00. The van der Waals surface area contributed by atoms with E-state index in [9.17, 15) is 8.42 Å². The van der Waals surface area contributed by atoms with Crippen LogP contribution in [0.2, 0.25) is 0 Å². The van der Waals surface area contributed by atoms with Crippen LogP contribution in [0.15, 0.2) is 0 Å². The first-order valence-corrected chi connectivity index (χ1v) is 6.86. The highest BCUT2D eigenvalue weighted by Gasteiger charge is 2.50. The molecule has 0 heterocycles. The summed E-state index contributed by atoms with van der Waals surface area (Å²) in [5, 5.41) is 0. The third kappa shape index (κ3) is 1.68. The summed E-state index contributed by atoms with van der Waals surface area (Å²) in [4.78, 5) is 0. The molecule has 5 heteroatoms. The van der Waals surface area contributed by atoms with Crippen molar-refractivity contribution < 1.29 is 8.42 Å². The second-order valence-corrected chi connectivity index (χ2v) is 6.84. The Morgan fingerprint density at radius 2 is 2.00 bits per heavy atom. The van der Waals surface area contributed by atoms with Crippen LogP contribution in [0, 0.1) is 11.8 Å². The van der Waals surface area contributed by atoms with Gasteiger partial charge in [-0.05, 0) is 31.2 Å². The van der Waals surface area contributed by atoms with Crippen molar-refractivity contribution in [2.24, 2.45) is 23.3 Å². The van der Waals surface area contributed by atoms with Crippen LogP contribution in [-0.4, -0.2) is 32.5 Å². The second-order valence-electron chi connectivity index (χ2n) is 4.48. The molecule has 4 N–H and O–H groups in total. The number of hydrogen-bond acceptors (Lipinski definition) is 4. The Hall–Kier alpha value is -0.130. The van der Waals surface area contributed by atoms with Crippen molar-refractivity contribution >= 4 is 9.84 Å². The molecule has 0 aromatic rings. The maximum absolute atomic E-state index is 11.7. The number of hydrogen-bond donors (Lipinski definition) is 2. The van der Waals surface area contributed by atoms with Crippen LogP contribution in [0.3, 0.4) is 0 Å². The summed E-state index contributed by atoms with van der Waals surface area (Å²) in [5.74, 6) is 0.430. The first kappa shape index (κ1) is 11.9. The maximum Gasteiger partial charge on any atom is 0.154 e. The third-order valence-corrected chi connectivity index (χ3v) is 5.85. The molecule has 0 aromatic heterocycles. The van der Waals surface area contributed by atoms with E-state index >= 15 is 0 Å². The van der Waals surface area contributed by atoms with Gasteiger partial charge in [0, 0.05) is 12.8 Å². The van der Waals surface area contributed by atoms with Gasteiger partial charge < -0.3 is 11.5 Å². The van der Waals surface area contributed by atoms with E-state index in [0.29, 0.717) is 18.9 Å². The summed E-state index contributed by atoms with van der Waals surface area (Å²) in [6, 6.07) is 0. The van der Waals surface area contributed by atoms with Gasteiger partial charge in [0.1, 0.15) is 0 Å². The lowest BCUT2D eigenvalue weighted by atomic mass is 9.97. The van der Waals surface area contributed by atoms with Crippen LogP contribution < -0.4 is 11.5 Å². The van der Waals surface area contributed by atoms with E-state index in [1.54, 1.807) is 0 Å². The molecule has 14 heavy (non-hydrogen) atoms. The zero-order chi connectivity index (χ0) is 11.0. The highest BCUT2D eigenvalue weighted by molar-refractivity contribution is 7.92. The average molecular weight is 220 g/mol. The predicted octanol–water partition coefficient (Wildman–Crippen LogP) is -0.267. The number of rotatable bonds is 3. The van der Waals surface area contributed by atoms with Gasteiger partial charge in [0.15, 0.2) is 9.84 Å². The summed E-state index contributed by atoms with van der Waals surface area (Å²) in [6.45, 7) is 2.73. The first-order chi connectivity index (χ1) is 6.37. The Labute approximate surface area is 86.0 Å². The molecule has 0 amide bonds. The molecule has 1 fully saturated rings. The highest BCUT2D eigenvalue weighted by atomic mass is 32.2. The van der Waals surface area contributed by atoms with Crippen LogP contribution in [0.25, 0.3) is 0 Å². The van der Waals surface area contributed by atoms with Crippen molar-refractivity contribution in [2.75, 3.05) is 19.3 Å². The molecule has 1 rings (SSSR count). The van der Waals surface area contributed by atoms with Gasteiger partial charge in [-0.2, -0.15) is 0 Å². The lowest BCUT2D eigenvalue weighted by Gasteiger charge is -2.30. The van der Waals surface area contributed by atoms with E-state index in [1.807, 2.05) is 6.92 Å². The van der Waals surface area contributed by atoms with Crippen molar-refractivity contribution in [2.45, 2.75) is 24.5 Å². The number of nitrogens with two attached hydrogens (primary N) is 2. The van der Waals surface area contributed by atoms with Gasteiger partial charge in [-0.25, -0.2) is 8.42 Å². The van der Waals surface area contributed by atoms with Crippen LogP contribution in [0.5, 0.6) is 0 Å². The molecular weight excluding hydrogens is 200 g/mol. The largest absolute Gasteiger partial charge is 0.330 e. The van der Waals surface area contributed by atoms with E-state index in [4.69, 9.17) is 11.5 Å². The Balaban J connectivity index is 3.03. The minimum absolute atomic E-state index is 0.121. The van der Waals surface area contributed by atoms with Gasteiger partial charge in [-0.1, -0.05) is 6.92 Å². The van der Waals surface area contributed by atoms with Crippen molar-refractivity contribution in [1.29, 1.82) is 0 Å². The average Bonchev–Trinajstić information content (AvgIpc) is 2.42. The molecule has 1 aliphatic rings. The van der Waals surface area contributed by atoms with Crippen LogP contribution in [0.4, 0.5) is 0 Å². The van der Waals surface area contributed by atoms with Gasteiger partial charge in [-0.3, -0.25) is 0 Å². The molecule has 3 atom stereocenters. The Kier molecular flexibility index (Phi) is 3.23. The summed E-state index contributed by atoms with van der Waals surface area (Å²) in [5.41, 5.74) is 11.2. The SMILES string of the molecule is C[C@@H]1C[C@H](CN)C[C@]1(CN)S(C)(=O)=O. The van der Waals surface area contributed by atoms with Gasteiger partial charge >= 0.3 is 0 Å². The van der Waals surface area contributed by atoms with E-state index in [1.165, 1.54) is 6.26 Å². The standard InChI is InChI=1S/C9H20N2O2S/c1-7-3-8(5-10)4-9(7,6-11)14(2,12)13/h7-8H,3-6,10-11H2,1-2H3/t7-,8+,9-/m1/s1. The van der Waals surface area contributed by atoms with Gasteiger partial charge in [0.25, 0.3) is 0 Å². The van der Waals surface area contributed by atoms with E-state index in [2.05, 4.69) is 0 Å². The van der Waals surface area contributed by atoms with Crippen molar-refractivity contribution in [1.82, 2.24) is 0 Å². The van der Waals surface area contributed by atoms with Crippen molar-refractivity contribution in [3.63, 3.8) is 0 Å². The van der Waals surface area contributed by atoms with Crippen molar-refractivity contribution in [3.05, 3.63) is 0 Å². The molecule has 0 saturated heterocycles. The number of sulfone groups is 1. The molecular formula is C9H20N2O2S. The summed E-state index contributed by atoms with van der Waals surface area (Å²) < 4.78 is 22.8. The van der Waals surface area contributed by atoms with Crippen LogP contribution in [-0.2, 0) is 9.84 Å². The Bertz CT molecular complexity index is 302. The molecule has 84 valence electrons. The fourth-order valence-corrected chi connectivity index (χ4v) is 4.29.